The third kappa shape index (κ3) is 3.63. The molecule has 2 N–H and O–H groups in total. The molecule has 0 bridgehead atoms. The number of hydrogen-bond acceptors (Lipinski definition) is 3. The minimum atomic E-state index is -0.290. The number of nitrogens with zero attached hydrogens (tertiary/aromatic N) is 1. The number of aromatic nitrogens is 1. The number of nitrogens with one attached hydrogen (secondary N) is 2. The van der Waals surface area contributed by atoms with Crippen molar-refractivity contribution in [3.63, 3.8) is 0 Å². The van der Waals surface area contributed by atoms with Gasteiger partial charge in [-0.1, -0.05) is 30.3 Å². The van der Waals surface area contributed by atoms with E-state index >= 15 is 0 Å². The van der Waals surface area contributed by atoms with Gasteiger partial charge in [0.05, 0.1) is 5.69 Å². The highest BCUT2D eigenvalue weighted by Crippen LogP contribution is 2.31. The van der Waals surface area contributed by atoms with E-state index in [1.54, 1.807) is 0 Å². The summed E-state index contributed by atoms with van der Waals surface area (Å²) in [5.74, 6) is 0. The number of rotatable bonds is 3. The molecule has 1 heterocycles. The molecule has 1 aromatic heterocycles. The highest BCUT2D eigenvalue weighted by atomic mass is 32.1. The molecule has 2 amide bonds. The van der Waals surface area contributed by atoms with Crippen LogP contribution in [0.3, 0.4) is 0 Å². The predicted octanol–water partition coefficient (Wildman–Crippen LogP) is 5.38. The molecule has 0 aliphatic heterocycles. The van der Waals surface area contributed by atoms with Crippen molar-refractivity contribution in [1.29, 1.82) is 0 Å². The number of carbonyl (C=O) groups excluding carboxylic acids is 1. The number of carbonyl (C=O) groups is 1. The molecule has 0 radical (unpaired) electrons. The SMILES string of the molecule is Cc1ccc(-c2nc(NC(=O)Nc3ccccc3)sc2C)cc1C. The quantitative estimate of drug-likeness (QED) is 0.674. The van der Waals surface area contributed by atoms with E-state index in [0.29, 0.717) is 5.13 Å². The normalized spacial score (nSPS) is 10.5. The molecular weight excluding hydrogens is 318 g/mol. The van der Waals surface area contributed by atoms with E-state index in [4.69, 9.17) is 0 Å². The summed E-state index contributed by atoms with van der Waals surface area (Å²) in [5.41, 5.74) is 5.22. The molecule has 0 spiro atoms. The van der Waals surface area contributed by atoms with Gasteiger partial charge in [-0.3, -0.25) is 5.32 Å². The fraction of sp³-hybridized carbons (Fsp3) is 0.158. The van der Waals surface area contributed by atoms with Gasteiger partial charge in [-0.25, -0.2) is 9.78 Å². The summed E-state index contributed by atoms with van der Waals surface area (Å²) in [6, 6.07) is 15.3. The number of anilines is 2. The highest BCUT2D eigenvalue weighted by molar-refractivity contribution is 7.16. The zero-order valence-corrected chi connectivity index (χ0v) is 14.7. The van der Waals surface area contributed by atoms with Gasteiger partial charge in [0, 0.05) is 16.1 Å². The van der Waals surface area contributed by atoms with E-state index in [1.165, 1.54) is 22.5 Å². The largest absolute Gasteiger partial charge is 0.325 e. The van der Waals surface area contributed by atoms with E-state index in [-0.39, 0.29) is 6.03 Å². The van der Waals surface area contributed by atoms with Gasteiger partial charge in [0.1, 0.15) is 0 Å². The molecule has 0 saturated carbocycles. The molecule has 0 aliphatic carbocycles. The summed E-state index contributed by atoms with van der Waals surface area (Å²) in [6.45, 7) is 6.20. The molecule has 0 saturated heterocycles. The van der Waals surface area contributed by atoms with Crippen molar-refractivity contribution in [2.45, 2.75) is 20.8 Å². The summed E-state index contributed by atoms with van der Waals surface area (Å²) >= 11 is 1.48. The second-order valence-electron chi connectivity index (χ2n) is 5.67. The van der Waals surface area contributed by atoms with Crippen molar-refractivity contribution >= 4 is 28.2 Å². The van der Waals surface area contributed by atoms with Crippen LogP contribution < -0.4 is 10.6 Å². The molecule has 0 atom stereocenters. The summed E-state index contributed by atoms with van der Waals surface area (Å²) in [4.78, 5) is 17.7. The average molecular weight is 337 g/mol. The summed E-state index contributed by atoms with van der Waals surface area (Å²) in [7, 11) is 0. The van der Waals surface area contributed by atoms with Crippen LogP contribution in [0.15, 0.2) is 48.5 Å². The maximum Gasteiger partial charge on any atom is 0.325 e. The number of hydrogen-bond donors (Lipinski definition) is 2. The Labute approximate surface area is 145 Å². The first-order valence-electron chi connectivity index (χ1n) is 7.71. The molecule has 4 nitrogen and oxygen atoms in total. The van der Waals surface area contributed by atoms with E-state index in [9.17, 15) is 4.79 Å². The monoisotopic (exact) mass is 337 g/mol. The fourth-order valence-corrected chi connectivity index (χ4v) is 3.22. The topological polar surface area (TPSA) is 54.0 Å². The number of para-hydroxylation sites is 1. The minimum absolute atomic E-state index is 0.290. The lowest BCUT2D eigenvalue weighted by atomic mass is 10.0. The number of thiazole rings is 1. The standard InChI is InChI=1S/C19H19N3OS/c1-12-9-10-15(11-13(12)2)17-14(3)24-19(21-17)22-18(23)20-16-7-5-4-6-8-16/h4-11H,1-3H3,(H2,20,21,22,23). The average Bonchev–Trinajstić information content (AvgIpc) is 2.91. The lowest BCUT2D eigenvalue weighted by Gasteiger charge is -2.05. The van der Waals surface area contributed by atoms with Gasteiger partial charge in [0.25, 0.3) is 0 Å². The lowest BCUT2D eigenvalue weighted by molar-refractivity contribution is 0.262. The van der Waals surface area contributed by atoms with Crippen molar-refractivity contribution in [1.82, 2.24) is 4.98 Å². The molecule has 3 aromatic rings. The van der Waals surface area contributed by atoms with E-state index < -0.39 is 0 Å². The van der Waals surface area contributed by atoms with E-state index in [0.717, 1.165) is 21.8 Å². The molecule has 0 aliphatic rings. The fourth-order valence-electron chi connectivity index (χ4n) is 2.39. The van der Waals surface area contributed by atoms with Crippen LogP contribution in [-0.4, -0.2) is 11.0 Å². The van der Waals surface area contributed by atoms with E-state index in [2.05, 4.69) is 47.7 Å². The third-order valence-electron chi connectivity index (χ3n) is 3.83. The minimum Gasteiger partial charge on any atom is -0.308 e. The van der Waals surface area contributed by atoms with Gasteiger partial charge in [0.15, 0.2) is 5.13 Å². The molecular formula is C19H19N3OS. The highest BCUT2D eigenvalue weighted by Gasteiger charge is 2.12. The van der Waals surface area contributed by atoms with Crippen molar-refractivity contribution in [3.8, 4) is 11.3 Å². The van der Waals surface area contributed by atoms with Crippen LogP contribution in [-0.2, 0) is 0 Å². The summed E-state index contributed by atoms with van der Waals surface area (Å²) in [6.07, 6.45) is 0. The maximum absolute atomic E-state index is 12.1. The Morgan fingerprint density at radius 2 is 1.71 bits per heavy atom. The van der Waals surface area contributed by atoms with Gasteiger partial charge in [-0.2, -0.15) is 0 Å². The van der Waals surface area contributed by atoms with Crippen LogP contribution in [0, 0.1) is 20.8 Å². The van der Waals surface area contributed by atoms with Crippen molar-refractivity contribution in [2.24, 2.45) is 0 Å². The molecule has 0 fully saturated rings. The number of benzene rings is 2. The number of urea groups is 1. The lowest BCUT2D eigenvalue weighted by Crippen LogP contribution is -2.19. The Balaban J connectivity index is 1.76. The van der Waals surface area contributed by atoms with Crippen LogP contribution >= 0.6 is 11.3 Å². The van der Waals surface area contributed by atoms with Crippen LogP contribution in [0.4, 0.5) is 15.6 Å². The number of amides is 2. The van der Waals surface area contributed by atoms with Crippen LogP contribution in [0.1, 0.15) is 16.0 Å². The Kier molecular flexibility index (Phi) is 4.62. The Hall–Kier alpha value is -2.66. The molecule has 24 heavy (non-hydrogen) atoms. The van der Waals surface area contributed by atoms with Crippen molar-refractivity contribution in [3.05, 3.63) is 64.5 Å². The first kappa shape index (κ1) is 16.2. The van der Waals surface area contributed by atoms with Gasteiger partial charge in [-0.15, -0.1) is 11.3 Å². The zero-order chi connectivity index (χ0) is 17.1. The zero-order valence-electron chi connectivity index (χ0n) is 13.9. The van der Waals surface area contributed by atoms with Gasteiger partial charge in [0.2, 0.25) is 0 Å². The molecule has 5 heteroatoms. The Morgan fingerprint density at radius 1 is 0.958 bits per heavy atom. The smallest absolute Gasteiger partial charge is 0.308 e. The molecule has 122 valence electrons. The van der Waals surface area contributed by atoms with Crippen molar-refractivity contribution < 1.29 is 4.79 Å². The summed E-state index contributed by atoms with van der Waals surface area (Å²) < 4.78 is 0. The maximum atomic E-state index is 12.1. The second kappa shape index (κ2) is 6.84. The van der Waals surface area contributed by atoms with E-state index in [1.807, 2.05) is 37.3 Å². The van der Waals surface area contributed by atoms with Crippen molar-refractivity contribution in [2.75, 3.05) is 10.6 Å². The molecule has 3 rings (SSSR count). The van der Waals surface area contributed by atoms with Crippen LogP contribution in [0.2, 0.25) is 0 Å². The second-order valence-corrected chi connectivity index (χ2v) is 6.87. The Bertz CT molecular complexity index is 872. The molecule has 2 aromatic carbocycles. The van der Waals surface area contributed by atoms with Crippen LogP contribution in [0.25, 0.3) is 11.3 Å². The first-order chi connectivity index (χ1) is 11.5. The van der Waals surface area contributed by atoms with Crippen LogP contribution in [0.5, 0.6) is 0 Å². The first-order valence-corrected chi connectivity index (χ1v) is 8.52. The Morgan fingerprint density at radius 3 is 2.42 bits per heavy atom. The predicted molar refractivity (Wildman–Crippen MR) is 101 cm³/mol. The van der Waals surface area contributed by atoms with Gasteiger partial charge >= 0.3 is 6.03 Å². The third-order valence-corrected chi connectivity index (χ3v) is 4.72. The summed E-state index contributed by atoms with van der Waals surface area (Å²) in [5, 5.41) is 6.19. The molecule has 0 unspecified atom stereocenters. The van der Waals surface area contributed by atoms with Gasteiger partial charge in [-0.05, 0) is 50.1 Å². The number of aryl methyl sites for hydroxylation is 3. The van der Waals surface area contributed by atoms with Gasteiger partial charge < -0.3 is 5.32 Å².